The van der Waals surface area contributed by atoms with Crippen molar-refractivity contribution in [3.8, 4) is 0 Å². The number of nitrogens with zero attached hydrogens (tertiary/aromatic N) is 1. The molecule has 4 nitrogen and oxygen atoms in total. The summed E-state index contributed by atoms with van der Waals surface area (Å²) in [6, 6.07) is 0. The molecule has 3 N–H and O–H groups in total. The van der Waals surface area contributed by atoms with Gasteiger partial charge in [0, 0.05) is 19.0 Å². The first-order valence-electron chi connectivity index (χ1n) is 6.98. The summed E-state index contributed by atoms with van der Waals surface area (Å²) in [6.45, 7) is 6.81. The van der Waals surface area contributed by atoms with Gasteiger partial charge in [-0.05, 0) is 45.3 Å². The molecule has 0 aromatic heterocycles. The number of piperidine rings is 1. The van der Waals surface area contributed by atoms with Crippen molar-refractivity contribution in [3.05, 3.63) is 0 Å². The van der Waals surface area contributed by atoms with Crippen LogP contribution >= 0.6 is 0 Å². The van der Waals surface area contributed by atoms with E-state index in [2.05, 4.69) is 10.2 Å². The molecule has 0 aromatic carbocycles. The van der Waals surface area contributed by atoms with Crippen LogP contribution in [-0.4, -0.2) is 43.5 Å². The Bertz CT molecular complexity index is 211. The molecule has 0 spiro atoms. The number of nitrogens with one attached hydrogen (secondary N) is 1. The van der Waals surface area contributed by atoms with Gasteiger partial charge in [-0.2, -0.15) is 0 Å². The maximum Gasteiger partial charge on any atom is 0.224 e. The minimum absolute atomic E-state index is 0.00927. The van der Waals surface area contributed by atoms with Crippen molar-refractivity contribution < 1.29 is 4.79 Å². The van der Waals surface area contributed by atoms with Crippen molar-refractivity contribution in [1.29, 1.82) is 0 Å². The highest BCUT2D eigenvalue weighted by Crippen LogP contribution is 2.08. The van der Waals surface area contributed by atoms with E-state index in [0.29, 0.717) is 6.54 Å². The smallest absolute Gasteiger partial charge is 0.224 e. The lowest BCUT2D eigenvalue weighted by Gasteiger charge is -2.26. The SMILES string of the molecule is CCC(CN)C(=O)NCCCN1CCCCC1. The number of carbonyl (C=O) groups excluding carboxylic acids is 1. The lowest BCUT2D eigenvalue weighted by Crippen LogP contribution is -2.37. The number of carbonyl (C=O) groups is 1. The van der Waals surface area contributed by atoms with Crippen molar-refractivity contribution in [1.82, 2.24) is 10.2 Å². The van der Waals surface area contributed by atoms with Crippen molar-refractivity contribution >= 4 is 5.91 Å². The zero-order chi connectivity index (χ0) is 12.5. The third-order valence-electron chi connectivity index (χ3n) is 3.55. The van der Waals surface area contributed by atoms with E-state index in [0.717, 1.165) is 25.9 Å². The lowest BCUT2D eigenvalue weighted by molar-refractivity contribution is -0.124. The van der Waals surface area contributed by atoms with Crippen molar-refractivity contribution in [2.45, 2.75) is 39.0 Å². The summed E-state index contributed by atoms with van der Waals surface area (Å²) in [5.74, 6) is 0.110. The van der Waals surface area contributed by atoms with Crippen molar-refractivity contribution in [2.24, 2.45) is 11.7 Å². The quantitative estimate of drug-likeness (QED) is 0.653. The molecular formula is C13H27N3O. The van der Waals surface area contributed by atoms with Crippen LogP contribution in [0.5, 0.6) is 0 Å². The number of hydrogen-bond acceptors (Lipinski definition) is 3. The Labute approximate surface area is 105 Å². The van der Waals surface area contributed by atoms with Crippen molar-refractivity contribution in [3.63, 3.8) is 0 Å². The van der Waals surface area contributed by atoms with Crippen molar-refractivity contribution in [2.75, 3.05) is 32.7 Å². The second-order valence-corrected chi connectivity index (χ2v) is 4.89. The summed E-state index contributed by atoms with van der Waals surface area (Å²) in [5.41, 5.74) is 5.54. The van der Waals surface area contributed by atoms with E-state index < -0.39 is 0 Å². The van der Waals surface area contributed by atoms with Crippen LogP contribution in [0.15, 0.2) is 0 Å². The van der Waals surface area contributed by atoms with Gasteiger partial charge in [-0.3, -0.25) is 4.79 Å². The maximum atomic E-state index is 11.7. The Kier molecular flexibility index (Phi) is 7.21. The Hall–Kier alpha value is -0.610. The highest BCUT2D eigenvalue weighted by molar-refractivity contribution is 5.78. The Morgan fingerprint density at radius 3 is 2.65 bits per heavy atom. The second-order valence-electron chi connectivity index (χ2n) is 4.89. The second kappa shape index (κ2) is 8.48. The van der Waals surface area contributed by atoms with Crippen LogP contribution in [0.3, 0.4) is 0 Å². The highest BCUT2D eigenvalue weighted by Gasteiger charge is 2.14. The summed E-state index contributed by atoms with van der Waals surface area (Å²) in [4.78, 5) is 14.1. The first-order chi connectivity index (χ1) is 8.27. The number of amides is 1. The Balaban J connectivity index is 2.04. The molecule has 1 aliphatic rings. The topological polar surface area (TPSA) is 58.4 Å². The first kappa shape index (κ1) is 14.5. The average Bonchev–Trinajstić information content (AvgIpc) is 2.37. The van der Waals surface area contributed by atoms with E-state index in [4.69, 9.17) is 5.73 Å². The van der Waals surface area contributed by atoms with Crippen LogP contribution in [-0.2, 0) is 4.79 Å². The number of nitrogens with two attached hydrogens (primary N) is 1. The summed E-state index contributed by atoms with van der Waals surface area (Å²) < 4.78 is 0. The van der Waals surface area contributed by atoms with Gasteiger partial charge in [0.05, 0.1) is 0 Å². The largest absolute Gasteiger partial charge is 0.356 e. The standard InChI is InChI=1S/C13H27N3O/c1-2-12(11-14)13(17)15-7-6-10-16-8-4-3-5-9-16/h12H,2-11,14H2,1H3,(H,15,17). The van der Waals surface area contributed by atoms with Gasteiger partial charge < -0.3 is 16.0 Å². The zero-order valence-electron chi connectivity index (χ0n) is 11.1. The maximum absolute atomic E-state index is 11.7. The van der Waals surface area contributed by atoms with Gasteiger partial charge in [-0.25, -0.2) is 0 Å². The van der Waals surface area contributed by atoms with Gasteiger partial charge >= 0.3 is 0 Å². The average molecular weight is 241 g/mol. The molecule has 0 aliphatic carbocycles. The fraction of sp³-hybridized carbons (Fsp3) is 0.923. The molecular weight excluding hydrogens is 214 g/mol. The lowest BCUT2D eigenvalue weighted by atomic mass is 10.1. The predicted octanol–water partition coefficient (Wildman–Crippen LogP) is 0.964. The van der Waals surface area contributed by atoms with E-state index in [1.807, 2.05) is 6.92 Å². The van der Waals surface area contributed by atoms with Gasteiger partial charge in [-0.15, -0.1) is 0 Å². The molecule has 1 saturated heterocycles. The van der Waals surface area contributed by atoms with E-state index in [9.17, 15) is 4.79 Å². The van der Waals surface area contributed by atoms with E-state index in [-0.39, 0.29) is 11.8 Å². The molecule has 0 aromatic rings. The molecule has 0 radical (unpaired) electrons. The number of likely N-dealkylation sites (tertiary alicyclic amines) is 1. The fourth-order valence-corrected chi connectivity index (χ4v) is 2.30. The minimum Gasteiger partial charge on any atom is -0.356 e. The number of rotatable bonds is 7. The van der Waals surface area contributed by atoms with Crippen LogP contribution < -0.4 is 11.1 Å². The predicted molar refractivity (Wildman–Crippen MR) is 70.8 cm³/mol. The number of hydrogen-bond donors (Lipinski definition) is 2. The Morgan fingerprint density at radius 2 is 2.06 bits per heavy atom. The molecule has 0 bridgehead atoms. The summed E-state index contributed by atoms with van der Waals surface area (Å²) in [5, 5.41) is 2.98. The molecule has 100 valence electrons. The van der Waals surface area contributed by atoms with E-state index >= 15 is 0 Å². The third-order valence-corrected chi connectivity index (χ3v) is 3.55. The molecule has 1 aliphatic heterocycles. The molecule has 0 saturated carbocycles. The highest BCUT2D eigenvalue weighted by atomic mass is 16.1. The van der Waals surface area contributed by atoms with Gasteiger partial charge in [0.15, 0.2) is 0 Å². The summed E-state index contributed by atoms with van der Waals surface area (Å²) >= 11 is 0. The molecule has 17 heavy (non-hydrogen) atoms. The fourth-order valence-electron chi connectivity index (χ4n) is 2.30. The molecule has 4 heteroatoms. The zero-order valence-corrected chi connectivity index (χ0v) is 11.1. The van der Waals surface area contributed by atoms with Gasteiger partial charge in [0.25, 0.3) is 0 Å². The molecule has 1 atom stereocenters. The molecule has 1 amide bonds. The van der Waals surface area contributed by atoms with Crippen LogP contribution in [0.4, 0.5) is 0 Å². The van der Waals surface area contributed by atoms with Crippen LogP contribution in [0.2, 0.25) is 0 Å². The first-order valence-corrected chi connectivity index (χ1v) is 6.98. The van der Waals surface area contributed by atoms with Gasteiger partial charge in [0.2, 0.25) is 5.91 Å². The van der Waals surface area contributed by atoms with Crippen LogP contribution in [0.25, 0.3) is 0 Å². The third kappa shape index (κ3) is 5.50. The molecule has 1 unspecified atom stereocenters. The normalized spacial score (nSPS) is 18.9. The molecule has 1 rings (SSSR count). The van der Waals surface area contributed by atoms with E-state index in [1.54, 1.807) is 0 Å². The molecule has 1 heterocycles. The van der Waals surface area contributed by atoms with Gasteiger partial charge in [-0.1, -0.05) is 13.3 Å². The Morgan fingerprint density at radius 1 is 1.35 bits per heavy atom. The molecule has 1 fully saturated rings. The van der Waals surface area contributed by atoms with Gasteiger partial charge in [0.1, 0.15) is 0 Å². The van der Waals surface area contributed by atoms with Crippen LogP contribution in [0, 0.1) is 5.92 Å². The van der Waals surface area contributed by atoms with E-state index in [1.165, 1.54) is 32.4 Å². The van der Waals surface area contributed by atoms with Crippen LogP contribution in [0.1, 0.15) is 39.0 Å². The summed E-state index contributed by atoms with van der Waals surface area (Å²) in [6.07, 6.45) is 5.91. The summed E-state index contributed by atoms with van der Waals surface area (Å²) in [7, 11) is 0. The minimum atomic E-state index is -0.00927. The monoisotopic (exact) mass is 241 g/mol.